The van der Waals surface area contributed by atoms with Crippen molar-refractivity contribution in [1.82, 2.24) is 10.2 Å². The molecule has 2 unspecified atom stereocenters. The number of methoxy groups -OCH3 is 1. The molecule has 0 aromatic carbocycles. The Balaban J connectivity index is 2.35. The highest BCUT2D eigenvalue weighted by atomic mass is 16.5. The summed E-state index contributed by atoms with van der Waals surface area (Å²) < 4.78 is 9.80. The van der Waals surface area contributed by atoms with E-state index in [4.69, 9.17) is 10.5 Å². The monoisotopic (exact) mass is 245 g/mol. The number of morpholine rings is 1. The van der Waals surface area contributed by atoms with Crippen LogP contribution in [0, 0.1) is 0 Å². The van der Waals surface area contributed by atoms with Gasteiger partial charge in [-0.3, -0.25) is 15.0 Å². The van der Waals surface area contributed by atoms with Crippen LogP contribution in [0.2, 0.25) is 0 Å². The molecule has 3 N–H and O–H groups in total. The predicted octanol–water partition coefficient (Wildman–Crippen LogP) is -1.08. The number of nitrogens with one attached hydrogen (secondary N) is 1. The van der Waals surface area contributed by atoms with E-state index >= 15 is 0 Å². The molecule has 0 saturated carbocycles. The molecule has 1 fully saturated rings. The lowest BCUT2D eigenvalue weighted by atomic mass is 10.1. The van der Waals surface area contributed by atoms with Crippen LogP contribution in [0.15, 0.2) is 0 Å². The lowest BCUT2D eigenvalue weighted by Gasteiger charge is -2.34. The molecule has 0 aliphatic carbocycles. The number of alkyl carbamates (subject to hydrolysis) is 1. The van der Waals surface area contributed by atoms with Crippen molar-refractivity contribution in [2.75, 3.05) is 33.4 Å². The zero-order valence-electron chi connectivity index (χ0n) is 10.1. The van der Waals surface area contributed by atoms with Gasteiger partial charge in [0.25, 0.3) is 0 Å². The van der Waals surface area contributed by atoms with Gasteiger partial charge in [0.1, 0.15) is 0 Å². The summed E-state index contributed by atoms with van der Waals surface area (Å²) in [5, 5.41) is 2.11. The van der Waals surface area contributed by atoms with Crippen molar-refractivity contribution in [3.8, 4) is 0 Å². The standard InChI is InChI=1S/C10H19N3O4/c1-7(11)8-5-13(3-4-17-8)6-9(14)12-10(15)16-2/h7-8H,3-6,11H2,1-2H3,(H,12,14,15). The van der Waals surface area contributed by atoms with Gasteiger partial charge in [-0.2, -0.15) is 0 Å². The third-order valence-electron chi connectivity index (χ3n) is 2.56. The average molecular weight is 245 g/mol. The van der Waals surface area contributed by atoms with Crippen molar-refractivity contribution in [2.24, 2.45) is 5.73 Å². The number of hydrogen-bond acceptors (Lipinski definition) is 6. The van der Waals surface area contributed by atoms with E-state index < -0.39 is 6.09 Å². The van der Waals surface area contributed by atoms with Crippen molar-refractivity contribution in [1.29, 1.82) is 0 Å². The smallest absolute Gasteiger partial charge is 0.413 e. The number of hydrogen-bond donors (Lipinski definition) is 2. The van der Waals surface area contributed by atoms with Gasteiger partial charge in [-0.15, -0.1) is 0 Å². The van der Waals surface area contributed by atoms with Crippen LogP contribution < -0.4 is 11.1 Å². The molecule has 1 aliphatic rings. The minimum atomic E-state index is -0.744. The van der Waals surface area contributed by atoms with E-state index in [0.29, 0.717) is 19.7 Å². The van der Waals surface area contributed by atoms with Crippen LogP contribution in [-0.2, 0) is 14.3 Å². The van der Waals surface area contributed by atoms with Gasteiger partial charge in [0, 0.05) is 19.1 Å². The Morgan fingerprint density at radius 2 is 2.35 bits per heavy atom. The first-order valence-electron chi connectivity index (χ1n) is 5.50. The molecule has 0 aromatic heterocycles. The Morgan fingerprint density at radius 3 is 2.94 bits per heavy atom. The molecular formula is C10H19N3O4. The number of carbonyl (C=O) groups is 2. The summed E-state index contributed by atoms with van der Waals surface area (Å²) >= 11 is 0. The molecule has 1 heterocycles. The van der Waals surface area contributed by atoms with E-state index in [1.54, 1.807) is 0 Å². The van der Waals surface area contributed by atoms with E-state index in [1.165, 1.54) is 7.11 Å². The highest BCUT2D eigenvalue weighted by Crippen LogP contribution is 2.07. The molecule has 1 saturated heterocycles. The Hall–Kier alpha value is -1.18. The number of carbonyl (C=O) groups excluding carboxylic acids is 2. The molecule has 7 nitrogen and oxygen atoms in total. The Bertz CT molecular complexity index is 283. The Labute approximate surface area is 100 Å². The summed E-state index contributed by atoms with van der Waals surface area (Å²) in [6.07, 6.45) is -0.818. The molecule has 1 aliphatic heterocycles. The van der Waals surface area contributed by atoms with Gasteiger partial charge in [0.05, 0.1) is 26.4 Å². The van der Waals surface area contributed by atoms with E-state index in [0.717, 1.165) is 0 Å². The van der Waals surface area contributed by atoms with Crippen LogP contribution in [0.3, 0.4) is 0 Å². The SMILES string of the molecule is COC(=O)NC(=O)CN1CCOC(C(C)N)C1. The fourth-order valence-electron chi connectivity index (χ4n) is 1.60. The zero-order chi connectivity index (χ0) is 12.8. The third kappa shape index (κ3) is 4.68. The van der Waals surface area contributed by atoms with Crippen molar-refractivity contribution in [2.45, 2.75) is 19.1 Å². The highest BCUT2D eigenvalue weighted by Gasteiger charge is 2.24. The first kappa shape index (κ1) is 13.9. The molecule has 98 valence electrons. The number of ether oxygens (including phenoxy) is 2. The molecule has 1 rings (SSSR count). The topological polar surface area (TPSA) is 93.9 Å². The molecule has 17 heavy (non-hydrogen) atoms. The number of imide groups is 1. The maximum atomic E-state index is 11.4. The summed E-state index contributed by atoms with van der Waals surface area (Å²) in [6, 6.07) is -0.0820. The molecule has 2 amide bonds. The highest BCUT2D eigenvalue weighted by molar-refractivity contribution is 5.92. The van der Waals surface area contributed by atoms with Gasteiger partial charge in [-0.25, -0.2) is 4.79 Å². The Kier molecular flexibility index (Phi) is 5.33. The van der Waals surface area contributed by atoms with Crippen molar-refractivity contribution < 1.29 is 19.1 Å². The second-order valence-corrected chi connectivity index (χ2v) is 4.04. The molecule has 2 atom stereocenters. The minimum absolute atomic E-state index is 0.0744. The average Bonchev–Trinajstić information content (AvgIpc) is 2.28. The summed E-state index contributed by atoms with van der Waals surface area (Å²) in [5.41, 5.74) is 5.74. The van der Waals surface area contributed by atoms with E-state index in [1.807, 2.05) is 11.8 Å². The number of rotatable bonds is 3. The van der Waals surface area contributed by atoms with Crippen LogP contribution in [0.25, 0.3) is 0 Å². The molecule has 0 aromatic rings. The largest absolute Gasteiger partial charge is 0.453 e. The lowest BCUT2D eigenvalue weighted by Crippen LogP contribution is -2.52. The maximum absolute atomic E-state index is 11.4. The summed E-state index contributed by atoms with van der Waals surface area (Å²) in [7, 11) is 1.21. The second kappa shape index (κ2) is 6.53. The van der Waals surface area contributed by atoms with Crippen molar-refractivity contribution in [3.63, 3.8) is 0 Å². The molecule has 0 radical (unpaired) electrons. The summed E-state index contributed by atoms with van der Waals surface area (Å²) in [6.45, 7) is 3.78. The van der Waals surface area contributed by atoms with Crippen LogP contribution in [0.4, 0.5) is 4.79 Å². The van der Waals surface area contributed by atoms with Crippen molar-refractivity contribution >= 4 is 12.0 Å². The van der Waals surface area contributed by atoms with Gasteiger partial charge in [0.2, 0.25) is 5.91 Å². The van der Waals surface area contributed by atoms with E-state index in [-0.39, 0.29) is 24.6 Å². The molecular weight excluding hydrogens is 226 g/mol. The zero-order valence-corrected chi connectivity index (χ0v) is 10.1. The third-order valence-corrected chi connectivity index (χ3v) is 2.56. The lowest BCUT2D eigenvalue weighted by molar-refractivity contribution is -0.123. The first-order valence-corrected chi connectivity index (χ1v) is 5.50. The first-order chi connectivity index (χ1) is 8.02. The van der Waals surface area contributed by atoms with Gasteiger partial charge in [0.15, 0.2) is 0 Å². The molecule has 0 spiro atoms. The summed E-state index contributed by atoms with van der Waals surface area (Å²) in [5.74, 6) is -0.387. The minimum Gasteiger partial charge on any atom is -0.453 e. The quantitative estimate of drug-likeness (QED) is 0.656. The van der Waals surface area contributed by atoms with Crippen LogP contribution in [-0.4, -0.2) is 62.4 Å². The van der Waals surface area contributed by atoms with Crippen molar-refractivity contribution in [3.05, 3.63) is 0 Å². The van der Waals surface area contributed by atoms with Crippen LogP contribution >= 0.6 is 0 Å². The van der Waals surface area contributed by atoms with E-state index in [2.05, 4.69) is 10.1 Å². The van der Waals surface area contributed by atoms with Crippen LogP contribution in [0.1, 0.15) is 6.92 Å². The van der Waals surface area contributed by atoms with Crippen LogP contribution in [0.5, 0.6) is 0 Å². The Morgan fingerprint density at radius 1 is 1.65 bits per heavy atom. The van der Waals surface area contributed by atoms with Gasteiger partial charge < -0.3 is 15.2 Å². The number of nitrogens with zero attached hydrogens (tertiary/aromatic N) is 1. The predicted molar refractivity (Wildman–Crippen MR) is 60.4 cm³/mol. The van der Waals surface area contributed by atoms with E-state index in [9.17, 15) is 9.59 Å². The molecule has 0 bridgehead atoms. The second-order valence-electron chi connectivity index (χ2n) is 4.04. The normalized spacial score (nSPS) is 22.9. The van der Waals surface area contributed by atoms with Gasteiger partial charge in [-0.05, 0) is 6.92 Å². The molecule has 7 heteroatoms. The van der Waals surface area contributed by atoms with Gasteiger partial charge >= 0.3 is 6.09 Å². The van der Waals surface area contributed by atoms with Gasteiger partial charge in [-0.1, -0.05) is 0 Å². The fourth-order valence-corrected chi connectivity index (χ4v) is 1.60. The number of amides is 2. The fraction of sp³-hybridized carbons (Fsp3) is 0.800. The maximum Gasteiger partial charge on any atom is 0.413 e. The summed E-state index contributed by atoms with van der Waals surface area (Å²) in [4.78, 5) is 24.1. The number of nitrogens with two attached hydrogens (primary N) is 1.